The molecule has 27 heavy (non-hydrogen) atoms. The molecular weight excluding hydrogens is 367 g/mol. The zero-order chi connectivity index (χ0) is 19.8. The number of anilines is 1. The first-order valence-corrected chi connectivity index (χ1v) is 7.60. The Hall–Kier alpha value is -3.21. The van der Waals surface area contributed by atoms with Crippen LogP contribution in [0.1, 0.15) is 18.7 Å². The maximum absolute atomic E-state index is 13.4. The van der Waals surface area contributed by atoms with Crippen molar-refractivity contribution in [3.05, 3.63) is 53.9 Å². The van der Waals surface area contributed by atoms with Crippen molar-refractivity contribution >= 4 is 5.69 Å². The van der Waals surface area contributed by atoms with Gasteiger partial charge in [0.25, 0.3) is 0 Å². The molecule has 0 bridgehead atoms. The number of alkyl halides is 2. The van der Waals surface area contributed by atoms with Crippen molar-refractivity contribution in [1.82, 2.24) is 9.97 Å². The van der Waals surface area contributed by atoms with Gasteiger partial charge in [0, 0.05) is 24.2 Å². The molecule has 0 fully saturated rings. The fourth-order valence-corrected chi connectivity index (χ4v) is 1.85. The normalized spacial score (nSPS) is 12.6. The second-order valence-electron chi connectivity index (χ2n) is 5.14. The van der Waals surface area contributed by atoms with Crippen molar-refractivity contribution in [2.24, 2.45) is 5.11 Å². The van der Waals surface area contributed by atoms with Gasteiger partial charge in [-0.25, -0.2) is 14.9 Å². The highest BCUT2D eigenvalue weighted by molar-refractivity contribution is 5.51. The van der Waals surface area contributed by atoms with Gasteiger partial charge < -0.3 is 19.9 Å². The van der Waals surface area contributed by atoms with E-state index in [1.807, 2.05) is 0 Å². The molecule has 1 heterocycles. The molecular formula is C16H16F3N5O3. The summed E-state index contributed by atoms with van der Waals surface area (Å²) >= 11 is 0. The summed E-state index contributed by atoms with van der Waals surface area (Å²) in [5.74, 6) is -1.55. The summed E-state index contributed by atoms with van der Waals surface area (Å²) in [6.07, 6.45) is 1.88. The zero-order valence-corrected chi connectivity index (χ0v) is 14.1. The van der Waals surface area contributed by atoms with E-state index in [1.54, 1.807) is 0 Å². The van der Waals surface area contributed by atoms with E-state index in [-0.39, 0.29) is 24.0 Å². The van der Waals surface area contributed by atoms with E-state index in [2.05, 4.69) is 25.1 Å². The van der Waals surface area contributed by atoms with Gasteiger partial charge >= 0.3 is 12.6 Å². The number of aromatic nitrogens is 2. The molecule has 1 unspecified atom stereocenters. The molecule has 0 saturated carbocycles. The summed E-state index contributed by atoms with van der Waals surface area (Å²) in [4.78, 5) is 7.85. The molecule has 1 aromatic heterocycles. The Bertz CT molecular complexity index is 818. The van der Waals surface area contributed by atoms with E-state index in [1.165, 1.54) is 31.5 Å². The Morgan fingerprint density at radius 3 is 2.85 bits per heavy atom. The third-order valence-corrected chi connectivity index (χ3v) is 3.13. The van der Waals surface area contributed by atoms with Crippen molar-refractivity contribution in [1.29, 1.82) is 5.53 Å². The predicted molar refractivity (Wildman–Crippen MR) is 88.0 cm³/mol. The molecule has 1 atom stereocenters. The number of nitrogens with one attached hydrogen (secondary N) is 2. The topological polar surface area (TPSA) is 113 Å². The van der Waals surface area contributed by atoms with E-state index in [4.69, 9.17) is 10.3 Å². The minimum absolute atomic E-state index is 0.0163. The fraction of sp³-hybridized carbons (Fsp3) is 0.250. The minimum Gasteiger partial charge on any atom is -0.457 e. The lowest BCUT2D eigenvalue weighted by Gasteiger charge is -2.09. The molecule has 0 aliphatic heterocycles. The number of ether oxygens (including phenoxy) is 2. The summed E-state index contributed by atoms with van der Waals surface area (Å²) in [6, 6.07) is 4.80. The zero-order valence-electron chi connectivity index (χ0n) is 14.1. The molecule has 3 N–H and O–H groups in total. The number of rotatable bonds is 9. The summed E-state index contributed by atoms with van der Waals surface area (Å²) in [7, 11) is 0. The first-order valence-electron chi connectivity index (χ1n) is 7.60. The van der Waals surface area contributed by atoms with Crippen molar-refractivity contribution in [2.75, 3.05) is 11.9 Å². The highest BCUT2D eigenvalue weighted by Gasteiger charge is 2.11. The van der Waals surface area contributed by atoms with Crippen molar-refractivity contribution < 1.29 is 27.8 Å². The summed E-state index contributed by atoms with van der Waals surface area (Å²) in [6.45, 7) is -1.80. The standard InChI is InChI=1S/C16H16F3N5O3/c1-9(25)13-4-5-21-16(23-13)26-8-11(24-20)7-22-10-2-3-12(17)14(6-10)27-15(18)19/h2-7,9,15,20,22,25H,8H2,1H3/b11-7-,24-20?. The van der Waals surface area contributed by atoms with E-state index in [0.717, 1.165) is 12.1 Å². The number of nitrogens with zero attached hydrogens (tertiary/aromatic N) is 3. The highest BCUT2D eigenvalue weighted by Crippen LogP contribution is 2.24. The predicted octanol–water partition coefficient (Wildman–Crippen LogP) is 3.63. The van der Waals surface area contributed by atoms with E-state index in [0.29, 0.717) is 5.69 Å². The van der Waals surface area contributed by atoms with Gasteiger partial charge in [-0.1, -0.05) is 0 Å². The highest BCUT2D eigenvalue weighted by atomic mass is 19.3. The first kappa shape index (κ1) is 20.1. The summed E-state index contributed by atoms with van der Waals surface area (Å²) in [5, 5.41) is 15.4. The number of aliphatic hydroxyl groups excluding tert-OH is 1. The van der Waals surface area contributed by atoms with Crippen LogP contribution in [-0.4, -0.2) is 28.3 Å². The Labute approximate surface area is 152 Å². The molecule has 2 rings (SSSR count). The van der Waals surface area contributed by atoms with Crippen LogP contribution in [0.3, 0.4) is 0 Å². The van der Waals surface area contributed by atoms with Crippen LogP contribution in [0.5, 0.6) is 11.8 Å². The molecule has 0 aliphatic rings. The number of benzene rings is 1. The minimum atomic E-state index is -3.16. The second kappa shape index (κ2) is 9.48. The maximum Gasteiger partial charge on any atom is 0.387 e. The Morgan fingerprint density at radius 2 is 2.19 bits per heavy atom. The largest absolute Gasteiger partial charge is 0.457 e. The Kier molecular flexibility index (Phi) is 7.06. The first-order chi connectivity index (χ1) is 12.9. The third-order valence-electron chi connectivity index (χ3n) is 3.13. The van der Waals surface area contributed by atoms with Crippen LogP contribution in [0.2, 0.25) is 0 Å². The smallest absolute Gasteiger partial charge is 0.387 e. The summed E-state index contributed by atoms with van der Waals surface area (Å²) in [5.41, 5.74) is 7.86. The van der Waals surface area contributed by atoms with E-state index in [9.17, 15) is 18.3 Å². The van der Waals surface area contributed by atoms with Gasteiger partial charge in [0.1, 0.15) is 12.3 Å². The maximum atomic E-state index is 13.4. The van der Waals surface area contributed by atoms with Crippen LogP contribution in [-0.2, 0) is 0 Å². The van der Waals surface area contributed by atoms with Crippen LogP contribution >= 0.6 is 0 Å². The van der Waals surface area contributed by atoms with Gasteiger partial charge in [0.2, 0.25) is 0 Å². The second-order valence-corrected chi connectivity index (χ2v) is 5.14. The van der Waals surface area contributed by atoms with E-state index >= 15 is 0 Å². The van der Waals surface area contributed by atoms with Gasteiger partial charge in [-0.3, -0.25) is 0 Å². The molecule has 2 aromatic rings. The monoisotopic (exact) mass is 383 g/mol. The lowest BCUT2D eigenvalue weighted by atomic mass is 10.3. The Balaban J connectivity index is 2.02. The average Bonchev–Trinajstić information content (AvgIpc) is 2.64. The van der Waals surface area contributed by atoms with Crippen LogP contribution in [0.15, 0.2) is 47.5 Å². The Morgan fingerprint density at radius 1 is 1.41 bits per heavy atom. The molecule has 0 aliphatic carbocycles. The summed E-state index contributed by atoms with van der Waals surface area (Å²) < 4.78 is 47.2. The average molecular weight is 383 g/mol. The molecule has 0 radical (unpaired) electrons. The molecule has 1 aromatic carbocycles. The van der Waals surface area contributed by atoms with Crippen LogP contribution in [0, 0.1) is 11.3 Å². The van der Waals surface area contributed by atoms with Gasteiger partial charge in [-0.15, -0.1) is 0 Å². The van der Waals surface area contributed by atoms with Crippen LogP contribution < -0.4 is 14.8 Å². The van der Waals surface area contributed by atoms with Gasteiger partial charge in [-0.05, 0) is 25.1 Å². The molecule has 11 heteroatoms. The number of aliphatic hydroxyl groups is 1. The van der Waals surface area contributed by atoms with Gasteiger partial charge in [-0.2, -0.15) is 18.9 Å². The van der Waals surface area contributed by atoms with Crippen molar-refractivity contribution in [3.63, 3.8) is 0 Å². The third kappa shape index (κ3) is 6.22. The molecule has 0 saturated heterocycles. The van der Waals surface area contributed by atoms with Crippen LogP contribution in [0.4, 0.5) is 18.9 Å². The lowest BCUT2D eigenvalue weighted by molar-refractivity contribution is -0.0521. The van der Waals surface area contributed by atoms with Crippen molar-refractivity contribution in [2.45, 2.75) is 19.6 Å². The van der Waals surface area contributed by atoms with Gasteiger partial charge in [0.15, 0.2) is 11.6 Å². The van der Waals surface area contributed by atoms with Crippen LogP contribution in [0.25, 0.3) is 0 Å². The molecule has 144 valence electrons. The van der Waals surface area contributed by atoms with Crippen molar-refractivity contribution in [3.8, 4) is 11.8 Å². The van der Waals surface area contributed by atoms with Gasteiger partial charge in [0.05, 0.1) is 11.8 Å². The fourth-order valence-electron chi connectivity index (χ4n) is 1.85. The number of hydrogen-bond donors (Lipinski definition) is 3. The SMILES string of the molecule is CC(O)c1ccnc(OC/C(=C/Nc2ccc(F)c(OC(F)F)c2)N=N)n1. The van der Waals surface area contributed by atoms with E-state index < -0.39 is 24.3 Å². The number of hydrogen-bond acceptors (Lipinski definition) is 8. The number of halogens is 3. The lowest BCUT2D eigenvalue weighted by Crippen LogP contribution is -2.06. The molecule has 0 amide bonds. The quantitative estimate of drug-likeness (QED) is 0.570. The molecule has 0 spiro atoms. The molecule has 8 nitrogen and oxygen atoms in total.